The van der Waals surface area contributed by atoms with Crippen molar-refractivity contribution in [3.8, 4) is 10.4 Å². The highest BCUT2D eigenvalue weighted by Crippen LogP contribution is 2.31. The molecule has 0 unspecified atom stereocenters. The van der Waals surface area contributed by atoms with Gasteiger partial charge in [-0.15, -0.1) is 22.7 Å². The second-order valence-corrected chi connectivity index (χ2v) is 11.8. The molecule has 0 saturated carbocycles. The lowest BCUT2D eigenvalue weighted by Gasteiger charge is -2.30. The summed E-state index contributed by atoms with van der Waals surface area (Å²) < 4.78 is 19.2. The van der Waals surface area contributed by atoms with Crippen molar-refractivity contribution in [1.29, 1.82) is 0 Å². The molecule has 11 heteroatoms. The summed E-state index contributed by atoms with van der Waals surface area (Å²) in [7, 11) is 0. The smallest absolute Gasteiger partial charge is 0.356 e. The second-order valence-electron chi connectivity index (χ2n) is 8.47. The van der Waals surface area contributed by atoms with Gasteiger partial charge in [-0.3, -0.25) is 10.1 Å². The Hall–Kier alpha value is -2.30. The van der Waals surface area contributed by atoms with E-state index in [0.717, 1.165) is 16.2 Å². The molecule has 0 bridgehead atoms. The quantitative estimate of drug-likeness (QED) is 0.241. The van der Waals surface area contributed by atoms with Gasteiger partial charge in [-0.2, -0.15) is 0 Å². The average Bonchev–Trinajstić information content (AvgIpc) is 3.42. The maximum absolute atomic E-state index is 13.4. The Balaban J connectivity index is 1.70. The normalized spacial score (nSPS) is 12.4. The number of ether oxygens (including phenoxy) is 1. The Kier molecular flexibility index (Phi) is 9.06. The molecule has 0 spiro atoms. The van der Waals surface area contributed by atoms with Gasteiger partial charge in [-0.1, -0.05) is 29.3 Å². The molecule has 0 aliphatic carbocycles. The van der Waals surface area contributed by atoms with Gasteiger partial charge in [0.05, 0.1) is 9.36 Å². The number of primary amides is 1. The lowest BCUT2D eigenvalue weighted by Crippen LogP contribution is -2.51. The zero-order valence-electron chi connectivity index (χ0n) is 18.9. The fraction of sp³-hybridized carbons (Fsp3) is 0.292. The molecule has 35 heavy (non-hydrogen) atoms. The standard InChI is InChI=1S/C24H23Cl2FN2O4S2/c1-24(2,12-14-4-9-20(26)34-14)29-17(6-10-21(28)30)22(31)33-23(32)19-8-7-18(35-19)13-3-5-16(27)15(25)11-13/h3-5,7-9,11,17,29H,6,10,12H2,1-2H3,(H2,28,30)/t17-/m0/s1. The molecule has 186 valence electrons. The molecule has 2 aromatic heterocycles. The SMILES string of the molecule is CC(C)(Cc1ccc(Cl)s1)N[C@@H](CCC(N)=O)C(=O)OC(=O)c1ccc(-c2ccc(F)c(Cl)c2)s1. The minimum absolute atomic E-state index is 0.0361. The molecule has 3 rings (SSSR count). The third-order valence-corrected chi connectivity index (χ3v) is 7.61. The first-order valence-electron chi connectivity index (χ1n) is 10.5. The average molecular weight is 557 g/mol. The van der Waals surface area contributed by atoms with Gasteiger partial charge in [0.25, 0.3) is 0 Å². The highest BCUT2D eigenvalue weighted by atomic mass is 35.5. The zero-order chi connectivity index (χ0) is 25.8. The van der Waals surface area contributed by atoms with Crippen molar-refractivity contribution in [3.05, 3.63) is 67.4 Å². The van der Waals surface area contributed by atoms with Crippen molar-refractivity contribution in [2.75, 3.05) is 0 Å². The molecule has 0 aliphatic heterocycles. The largest absolute Gasteiger partial charge is 0.388 e. The highest BCUT2D eigenvalue weighted by Gasteiger charge is 2.31. The predicted molar refractivity (Wildman–Crippen MR) is 138 cm³/mol. The zero-order valence-corrected chi connectivity index (χ0v) is 22.0. The summed E-state index contributed by atoms with van der Waals surface area (Å²) >= 11 is 14.4. The number of esters is 2. The number of nitrogens with one attached hydrogen (secondary N) is 1. The van der Waals surface area contributed by atoms with E-state index in [1.54, 1.807) is 18.2 Å². The van der Waals surface area contributed by atoms with Gasteiger partial charge in [0.2, 0.25) is 5.91 Å². The molecule has 0 fully saturated rings. The van der Waals surface area contributed by atoms with Crippen molar-refractivity contribution in [2.24, 2.45) is 5.73 Å². The Labute approximate surface area is 220 Å². The Morgan fingerprint density at radius 2 is 1.86 bits per heavy atom. The molecule has 1 amide bonds. The summed E-state index contributed by atoms with van der Waals surface area (Å²) in [4.78, 5) is 38.8. The fourth-order valence-corrected chi connectivity index (χ4v) is 5.78. The first-order valence-corrected chi connectivity index (χ1v) is 12.9. The van der Waals surface area contributed by atoms with E-state index < -0.39 is 35.2 Å². The number of halogens is 3. The summed E-state index contributed by atoms with van der Waals surface area (Å²) in [5.74, 6) is -2.75. The molecule has 0 aliphatic rings. The van der Waals surface area contributed by atoms with E-state index in [0.29, 0.717) is 21.2 Å². The van der Waals surface area contributed by atoms with Crippen LogP contribution in [0.3, 0.4) is 0 Å². The van der Waals surface area contributed by atoms with Crippen molar-refractivity contribution in [1.82, 2.24) is 5.32 Å². The third kappa shape index (κ3) is 7.85. The second kappa shape index (κ2) is 11.6. The van der Waals surface area contributed by atoms with Gasteiger partial charge in [0, 0.05) is 21.7 Å². The molecule has 2 heterocycles. The lowest BCUT2D eigenvalue weighted by atomic mass is 9.97. The van der Waals surface area contributed by atoms with Gasteiger partial charge >= 0.3 is 11.9 Å². The number of rotatable bonds is 10. The van der Waals surface area contributed by atoms with E-state index in [1.165, 1.54) is 29.5 Å². The number of amides is 1. The molecule has 0 radical (unpaired) electrons. The summed E-state index contributed by atoms with van der Waals surface area (Å²) in [6, 6.07) is 10.2. The maximum atomic E-state index is 13.4. The Morgan fingerprint density at radius 1 is 1.11 bits per heavy atom. The third-order valence-electron chi connectivity index (χ3n) is 4.98. The van der Waals surface area contributed by atoms with Crippen LogP contribution >= 0.6 is 45.9 Å². The van der Waals surface area contributed by atoms with Crippen LogP contribution in [0.5, 0.6) is 0 Å². The Bertz CT molecular complexity index is 1240. The highest BCUT2D eigenvalue weighted by molar-refractivity contribution is 7.17. The summed E-state index contributed by atoms with van der Waals surface area (Å²) in [6.45, 7) is 3.79. The van der Waals surface area contributed by atoms with E-state index in [1.807, 2.05) is 19.9 Å². The molecule has 1 atom stereocenters. The molecule has 0 saturated heterocycles. The van der Waals surface area contributed by atoms with E-state index in [2.05, 4.69) is 5.32 Å². The molecular formula is C24H23Cl2FN2O4S2. The fourth-order valence-electron chi connectivity index (χ4n) is 3.41. The van der Waals surface area contributed by atoms with Gasteiger partial charge in [-0.05, 0) is 68.7 Å². The number of hydrogen-bond acceptors (Lipinski definition) is 7. The molecule has 1 aromatic carbocycles. The lowest BCUT2D eigenvalue weighted by molar-refractivity contribution is -0.141. The van der Waals surface area contributed by atoms with Crippen LogP contribution in [0.1, 0.15) is 41.2 Å². The topological polar surface area (TPSA) is 98.5 Å². The summed E-state index contributed by atoms with van der Waals surface area (Å²) in [5, 5.41) is 3.15. The molecule has 3 N–H and O–H groups in total. The van der Waals surface area contributed by atoms with Gasteiger partial charge in [0.1, 0.15) is 16.7 Å². The minimum Gasteiger partial charge on any atom is -0.388 e. The van der Waals surface area contributed by atoms with Crippen LogP contribution in [0.4, 0.5) is 4.39 Å². The van der Waals surface area contributed by atoms with E-state index in [-0.39, 0.29) is 22.7 Å². The number of benzene rings is 1. The van der Waals surface area contributed by atoms with Gasteiger partial charge in [0.15, 0.2) is 0 Å². The van der Waals surface area contributed by atoms with Crippen molar-refractivity contribution < 1.29 is 23.5 Å². The monoisotopic (exact) mass is 556 g/mol. The summed E-state index contributed by atoms with van der Waals surface area (Å²) in [5.41, 5.74) is 5.33. The van der Waals surface area contributed by atoms with E-state index in [4.69, 9.17) is 33.7 Å². The molecular weight excluding hydrogens is 534 g/mol. The Morgan fingerprint density at radius 3 is 2.49 bits per heavy atom. The van der Waals surface area contributed by atoms with Crippen LogP contribution in [0.15, 0.2) is 42.5 Å². The first-order chi connectivity index (χ1) is 16.4. The number of hydrogen-bond donors (Lipinski definition) is 2. The van der Waals surface area contributed by atoms with E-state index in [9.17, 15) is 18.8 Å². The minimum atomic E-state index is -0.938. The first kappa shape index (κ1) is 27.3. The van der Waals surface area contributed by atoms with Gasteiger partial charge in [-0.25, -0.2) is 14.0 Å². The van der Waals surface area contributed by atoms with Crippen LogP contribution in [0.25, 0.3) is 10.4 Å². The number of thiophene rings is 2. The number of carbonyl (C=O) groups is 3. The van der Waals surface area contributed by atoms with E-state index >= 15 is 0 Å². The number of nitrogens with two attached hydrogens (primary N) is 1. The maximum Gasteiger partial charge on any atom is 0.356 e. The van der Waals surface area contributed by atoms with Gasteiger partial charge < -0.3 is 10.5 Å². The predicted octanol–water partition coefficient (Wildman–Crippen LogP) is 5.85. The molecule has 6 nitrogen and oxygen atoms in total. The number of carbonyl (C=O) groups excluding carboxylic acids is 3. The van der Waals surface area contributed by atoms with Crippen LogP contribution in [-0.2, 0) is 20.7 Å². The van der Waals surface area contributed by atoms with Crippen LogP contribution in [0.2, 0.25) is 9.36 Å². The van der Waals surface area contributed by atoms with Crippen molar-refractivity contribution in [3.63, 3.8) is 0 Å². The van der Waals surface area contributed by atoms with Crippen molar-refractivity contribution in [2.45, 2.75) is 44.7 Å². The van der Waals surface area contributed by atoms with Crippen LogP contribution < -0.4 is 11.1 Å². The van der Waals surface area contributed by atoms with Crippen molar-refractivity contribution >= 4 is 63.7 Å². The molecule has 3 aromatic rings. The van der Waals surface area contributed by atoms with Crippen LogP contribution in [-0.4, -0.2) is 29.4 Å². The van der Waals surface area contributed by atoms with Crippen LogP contribution in [0, 0.1) is 5.82 Å². The summed E-state index contributed by atoms with van der Waals surface area (Å²) in [6.07, 6.45) is 0.573.